The van der Waals surface area contributed by atoms with Crippen LogP contribution in [-0.4, -0.2) is 23.5 Å². The molecule has 2 aliphatic rings. The molecule has 0 saturated carbocycles. The third kappa shape index (κ3) is 5.82. The van der Waals surface area contributed by atoms with Gasteiger partial charge in [-0.15, -0.1) is 0 Å². The van der Waals surface area contributed by atoms with Crippen LogP contribution < -0.4 is 10.6 Å². The van der Waals surface area contributed by atoms with Crippen molar-refractivity contribution in [3.63, 3.8) is 0 Å². The van der Waals surface area contributed by atoms with Gasteiger partial charge in [0, 0.05) is 17.0 Å². The summed E-state index contributed by atoms with van der Waals surface area (Å²) >= 11 is 0. The molecule has 2 heterocycles. The maximum atomic E-state index is 11.1. The summed E-state index contributed by atoms with van der Waals surface area (Å²) in [5, 5.41) is 6.45. The second-order valence-electron chi connectivity index (χ2n) is 7.43. The fourth-order valence-corrected chi connectivity index (χ4v) is 3.10. The lowest BCUT2D eigenvalue weighted by atomic mass is 9.95. The van der Waals surface area contributed by atoms with Gasteiger partial charge >= 0.3 is 0 Å². The molecule has 0 aromatic heterocycles. The van der Waals surface area contributed by atoms with Crippen molar-refractivity contribution >= 4 is 5.91 Å². The second kappa shape index (κ2) is 7.44. The van der Waals surface area contributed by atoms with Crippen LogP contribution in [0.2, 0.25) is 0 Å². The fraction of sp³-hybridized carbons (Fsp3) is 0.941. The Bertz CT molecular complexity index is 310. The summed E-state index contributed by atoms with van der Waals surface area (Å²) in [5.41, 5.74) is 0.457. The van der Waals surface area contributed by atoms with Gasteiger partial charge in [0.15, 0.2) is 0 Å². The van der Waals surface area contributed by atoms with Crippen LogP contribution in [0.5, 0.6) is 0 Å². The Kier molecular flexibility index (Phi) is 7.23. The highest BCUT2D eigenvalue weighted by molar-refractivity contribution is 5.81. The minimum atomic E-state index is 0. The van der Waals surface area contributed by atoms with Gasteiger partial charge in [-0.05, 0) is 59.4 Å². The molecule has 3 heteroatoms. The van der Waals surface area contributed by atoms with Crippen LogP contribution in [0.25, 0.3) is 0 Å². The maximum Gasteiger partial charge on any atom is 0.223 e. The molecule has 120 valence electrons. The van der Waals surface area contributed by atoms with E-state index in [2.05, 4.69) is 52.2 Å². The molecule has 0 aliphatic carbocycles. The van der Waals surface area contributed by atoms with Crippen molar-refractivity contribution in [1.82, 2.24) is 10.6 Å². The molecule has 2 unspecified atom stereocenters. The zero-order valence-electron chi connectivity index (χ0n) is 13.6. The van der Waals surface area contributed by atoms with Crippen molar-refractivity contribution in [3.05, 3.63) is 0 Å². The molecule has 0 spiro atoms. The predicted molar refractivity (Wildman–Crippen MR) is 87.8 cm³/mol. The Hall–Kier alpha value is -0.570. The van der Waals surface area contributed by atoms with Crippen molar-refractivity contribution in [2.75, 3.05) is 6.54 Å². The molecule has 2 rings (SSSR count). The van der Waals surface area contributed by atoms with Crippen molar-refractivity contribution < 1.29 is 4.79 Å². The van der Waals surface area contributed by atoms with Gasteiger partial charge in [-0.3, -0.25) is 4.79 Å². The van der Waals surface area contributed by atoms with E-state index >= 15 is 0 Å². The number of hydrogen-bond acceptors (Lipinski definition) is 2. The van der Waals surface area contributed by atoms with Crippen LogP contribution in [0.1, 0.15) is 74.7 Å². The summed E-state index contributed by atoms with van der Waals surface area (Å²) in [7, 11) is 0. The molecule has 2 aliphatic heterocycles. The van der Waals surface area contributed by atoms with Crippen LogP contribution in [0.15, 0.2) is 0 Å². The van der Waals surface area contributed by atoms with E-state index in [4.69, 9.17) is 0 Å². The average Bonchev–Trinajstić information content (AvgIpc) is 2.78. The monoisotopic (exact) mass is 284 g/mol. The van der Waals surface area contributed by atoms with E-state index in [1.807, 2.05) is 0 Å². The fourth-order valence-electron chi connectivity index (χ4n) is 3.10. The Labute approximate surface area is 126 Å². The first-order valence-electron chi connectivity index (χ1n) is 7.76. The van der Waals surface area contributed by atoms with Crippen molar-refractivity contribution in [3.8, 4) is 0 Å². The van der Waals surface area contributed by atoms with E-state index in [1.54, 1.807) is 0 Å². The summed E-state index contributed by atoms with van der Waals surface area (Å²) in [4.78, 5) is 11.1. The number of nitrogens with one attached hydrogen (secondary N) is 2. The minimum absolute atomic E-state index is 0. The van der Waals surface area contributed by atoms with Crippen LogP contribution in [0.3, 0.4) is 0 Å². The first-order valence-corrected chi connectivity index (χ1v) is 7.76. The molecule has 0 aromatic carbocycles. The largest absolute Gasteiger partial charge is 0.351 e. The number of carbonyl (C=O) groups excluding carboxylic acids is 1. The van der Waals surface area contributed by atoms with Crippen LogP contribution in [0, 0.1) is 11.8 Å². The van der Waals surface area contributed by atoms with Crippen LogP contribution in [-0.2, 0) is 4.79 Å². The topological polar surface area (TPSA) is 41.1 Å². The molecule has 2 N–H and O–H groups in total. The lowest BCUT2D eigenvalue weighted by molar-refractivity contribution is -0.122. The average molecular weight is 284 g/mol. The molecule has 0 bridgehead atoms. The van der Waals surface area contributed by atoms with E-state index < -0.39 is 0 Å². The van der Waals surface area contributed by atoms with E-state index in [-0.39, 0.29) is 24.8 Å². The predicted octanol–water partition coefficient (Wildman–Crippen LogP) is 3.73. The van der Waals surface area contributed by atoms with Gasteiger partial charge in [0.2, 0.25) is 5.91 Å². The summed E-state index contributed by atoms with van der Waals surface area (Å²) < 4.78 is 0. The second-order valence-corrected chi connectivity index (χ2v) is 7.43. The molecule has 20 heavy (non-hydrogen) atoms. The zero-order valence-corrected chi connectivity index (χ0v) is 13.6. The SMILES string of the molecule is C.CCC1CC(C)(C)NC1=O.CCC1CNC(C)(C)C1. The molecular weight excluding hydrogens is 248 g/mol. The molecule has 0 aromatic rings. The minimum Gasteiger partial charge on any atom is -0.351 e. The lowest BCUT2D eigenvalue weighted by Gasteiger charge is -2.16. The third-order valence-corrected chi connectivity index (χ3v) is 4.33. The standard InChI is InChI=1S/C8H15NO.C8H17N.CH4/c1-4-6-5-8(2,3)9-7(6)10;1-4-7-5-8(2,3)9-6-7;/h6H,4-5H2,1-3H3,(H,9,10);7,9H,4-6H2,1-3H3;1H4. The van der Waals surface area contributed by atoms with Gasteiger partial charge < -0.3 is 10.6 Å². The van der Waals surface area contributed by atoms with E-state index in [9.17, 15) is 4.79 Å². The first-order chi connectivity index (χ1) is 8.69. The summed E-state index contributed by atoms with van der Waals surface area (Å²) in [6, 6.07) is 0. The Morgan fingerprint density at radius 3 is 1.85 bits per heavy atom. The summed E-state index contributed by atoms with van der Waals surface area (Å²) in [5.74, 6) is 1.42. The molecule has 0 radical (unpaired) electrons. The summed E-state index contributed by atoms with van der Waals surface area (Å²) in [6.45, 7) is 14.3. The highest BCUT2D eigenvalue weighted by Crippen LogP contribution is 2.26. The number of hydrogen-bond donors (Lipinski definition) is 2. The molecular formula is C17H36N2O. The molecule has 3 nitrogen and oxygen atoms in total. The Morgan fingerprint density at radius 2 is 1.65 bits per heavy atom. The number of amides is 1. The van der Waals surface area contributed by atoms with Gasteiger partial charge in [0.05, 0.1) is 0 Å². The first kappa shape index (κ1) is 19.4. The molecule has 2 saturated heterocycles. The van der Waals surface area contributed by atoms with Gasteiger partial charge in [-0.25, -0.2) is 0 Å². The lowest BCUT2D eigenvalue weighted by Crippen LogP contribution is -2.34. The van der Waals surface area contributed by atoms with E-state index in [0.717, 1.165) is 18.8 Å². The Balaban J connectivity index is 0.000000345. The highest BCUT2D eigenvalue weighted by Gasteiger charge is 2.35. The molecule has 2 fully saturated rings. The molecule has 2 atom stereocenters. The highest BCUT2D eigenvalue weighted by atomic mass is 16.2. The van der Waals surface area contributed by atoms with Crippen molar-refractivity contribution in [2.45, 2.75) is 85.7 Å². The summed E-state index contributed by atoms with van der Waals surface area (Å²) in [6.07, 6.45) is 4.64. The van der Waals surface area contributed by atoms with Gasteiger partial charge in [-0.1, -0.05) is 27.7 Å². The van der Waals surface area contributed by atoms with Crippen LogP contribution >= 0.6 is 0 Å². The van der Waals surface area contributed by atoms with Crippen LogP contribution in [0.4, 0.5) is 0 Å². The quantitative estimate of drug-likeness (QED) is 0.811. The van der Waals surface area contributed by atoms with Crippen molar-refractivity contribution in [1.29, 1.82) is 0 Å². The zero-order chi connectivity index (χ0) is 14.7. The Morgan fingerprint density at radius 1 is 1.05 bits per heavy atom. The maximum absolute atomic E-state index is 11.1. The normalized spacial score (nSPS) is 30.0. The van der Waals surface area contributed by atoms with Gasteiger partial charge in [0.1, 0.15) is 0 Å². The third-order valence-electron chi connectivity index (χ3n) is 4.33. The van der Waals surface area contributed by atoms with E-state index in [0.29, 0.717) is 5.54 Å². The van der Waals surface area contributed by atoms with E-state index in [1.165, 1.54) is 19.4 Å². The van der Waals surface area contributed by atoms with Crippen molar-refractivity contribution in [2.24, 2.45) is 11.8 Å². The smallest absolute Gasteiger partial charge is 0.223 e. The number of rotatable bonds is 2. The molecule has 1 amide bonds. The van der Waals surface area contributed by atoms with Gasteiger partial charge in [-0.2, -0.15) is 0 Å². The van der Waals surface area contributed by atoms with Gasteiger partial charge in [0.25, 0.3) is 0 Å². The number of carbonyl (C=O) groups is 1.